The van der Waals surface area contributed by atoms with Crippen molar-refractivity contribution in [2.45, 2.75) is 19.4 Å². The molecule has 0 spiro atoms. The number of hydrogen-bond donors (Lipinski definition) is 1. The molecule has 0 aliphatic carbocycles. The Bertz CT molecular complexity index is 586. The molecule has 1 atom stereocenters. The fourth-order valence-corrected chi connectivity index (χ4v) is 2.09. The van der Waals surface area contributed by atoms with Crippen molar-refractivity contribution in [2.75, 3.05) is 12.4 Å². The van der Waals surface area contributed by atoms with E-state index in [9.17, 15) is 8.78 Å². The Morgan fingerprint density at radius 1 is 1.10 bits per heavy atom. The van der Waals surface area contributed by atoms with E-state index in [0.29, 0.717) is 17.7 Å². The SMILES string of the molecule is COc1ccc(NC(C)Cc2ccccc2F)cc1F. The van der Waals surface area contributed by atoms with Crippen molar-refractivity contribution in [3.8, 4) is 5.75 Å². The fraction of sp³-hybridized carbons (Fsp3) is 0.250. The first-order chi connectivity index (χ1) is 9.60. The lowest BCUT2D eigenvalue weighted by atomic mass is 10.1. The van der Waals surface area contributed by atoms with Crippen LogP contribution in [0, 0.1) is 11.6 Å². The van der Waals surface area contributed by atoms with Crippen molar-refractivity contribution >= 4 is 5.69 Å². The predicted molar refractivity (Wildman–Crippen MR) is 76.1 cm³/mol. The van der Waals surface area contributed by atoms with Crippen molar-refractivity contribution < 1.29 is 13.5 Å². The predicted octanol–water partition coefficient (Wildman–Crippen LogP) is 4.02. The first kappa shape index (κ1) is 14.3. The van der Waals surface area contributed by atoms with Gasteiger partial charge in [0, 0.05) is 17.8 Å². The smallest absolute Gasteiger partial charge is 0.167 e. The highest BCUT2D eigenvalue weighted by molar-refractivity contribution is 5.48. The molecule has 2 aromatic carbocycles. The first-order valence-electron chi connectivity index (χ1n) is 6.43. The Hall–Kier alpha value is -2.10. The summed E-state index contributed by atoms with van der Waals surface area (Å²) in [5.74, 6) is -0.435. The van der Waals surface area contributed by atoms with E-state index < -0.39 is 5.82 Å². The molecule has 20 heavy (non-hydrogen) atoms. The Morgan fingerprint density at radius 3 is 2.50 bits per heavy atom. The highest BCUT2D eigenvalue weighted by atomic mass is 19.1. The normalized spacial score (nSPS) is 12.0. The van der Waals surface area contributed by atoms with Gasteiger partial charge in [0.1, 0.15) is 5.82 Å². The van der Waals surface area contributed by atoms with Crippen molar-refractivity contribution in [3.63, 3.8) is 0 Å². The van der Waals surface area contributed by atoms with Crippen molar-refractivity contribution in [1.29, 1.82) is 0 Å². The molecule has 0 heterocycles. The third-order valence-corrected chi connectivity index (χ3v) is 3.05. The Balaban J connectivity index is 2.03. The lowest BCUT2D eigenvalue weighted by Gasteiger charge is -2.16. The summed E-state index contributed by atoms with van der Waals surface area (Å²) < 4.78 is 32.0. The van der Waals surface area contributed by atoms with Crippen LogP contribution in [-0.4, -0.2) is 13.2 Å². The first-order valence-corrected chi connectivity index (χ1v) is 6.43. The van der Waals surface area contributed by atoms with Crippen LogP contribution < -0.4 is 10.1 Å². The van der Waals surface area contributed by atoms with Gasteiger partial charge >= 0.3 is 0 Å². The van der Waals surface area contributed by atoms with Crippen molar-refractivity contribution in [3.05, 3.63) is 59.7 Å². The number of methoxy groups -OCH3 is 1. The molecular weight excluding hydrogens is 260 g/mol. The number of rotatable bonds is 5. The molecule has 0 fully saturated rings. The standard InChI is InChI=1S/C16H17F2NO/c1-11(9-12-5-3-4-6-14(12)17)19-13-7-8-16(20-2)15(18)10-13/h3-8,10-11,19H,9H2,1-2H3. The average Bonchev–Trinajstić information content (AvgIpc) is 2.41. The molecule has 0 bridgehead atoms. The fourth-order valence-electron chi connectivity index (χ4n) is 2.09. The second kappa shape index (κ2) is 6.37. The minimum Gasteiger partial charge on any atom is -0.494 e. The molecule has 0 radical (unpaired) electrons. The number of anilines is 1. The molecule has 2 aromatic rings. The van der Waals surface area contributed by atoms with Gasteiger partial charge in [-0.1, -0.05) is 18.2 Å². The topological polar surface area (TPSA) is 21.3 Å². The zero-order chi connectivity index (χ0) is 14.5. The van der Waals surface area contributed by atoms with Crippen LogP contribution >= 0.6 is 0 Å². The van der Waals surface area contributed by atoms with Crippen LogP contribution in [0.1, 0.15) is 12.5 Å². The number of halogens is 2. The van der Waals surface area contributed by atoms with Gasteiger partial charge in [-0.2, -0.15) is 0 Å². The van der Waals surface area contributed by atoms with Gasteiger partial charge in [0.2, 0.25) is 0 Å². The molecule has 2 nitrogen and oxygen atoms in total. The van der Waals surface area contributed by atoms with Crippen LogP contribution in [0.25, 0.3) is 0 Å². The molecule has 2 rings (SSSR count). The van der Waals surface area contributed by atoms with Gasteiger partial charge in [0.05, 0.1) is 7.11 Å². The molecule has 0 aliphatic heterocycles. The van der Waals surface area contributed by atoms with Gasteiger partial charge in [0.15, 0.2) is 11.6 Å². The summed E-state index contributed by atoms with van der Waals surface area (Å²) in [6, 6.07) is 11.3. The third-order valence-electron chi connectivity index (χ3n) is 3.05. The van der Waals surface area contributed by atoms with Crippen LogP contribution in [0.2, 0.25) is 0 Å². The van der Waals surface area contributed by atoms with E-state index in [1.807, 2.05) is 6.92 Å². The Labute approximate surface area is 117 Å². The largest absolute Gasteiger partial charge is 0.494 e. The maximum Gasteiger partial charge on any atom is 0.167 e. The number of ether oxygens (including phenoxy) is 1. The monoisotopic (exact) mass is 277 g/mol. The molecule has 0 saturated heterocycles. The van der Waals surface area contributed by atoms with Gasteiger partial charge in [-0.3, -0.25) is 0 Å². The highest BCUT2D eigenvalue weighted by Gasteiger charge is 2.09. The van der Waals surface area contributed by atoms with Crippen molar-refractivity contribution in [2.24, 2.45) is 0 Å². The molecule has 0 aliphatic rings. The summed E-state index contributed by atoms with van der Waals surface area (Å²) in [5, 5.41) is 3.15. The van der Waals surface area contributed by atoms with Crippen molar-refractivity contribution in [1.82, 2.24) is 0 Å². The third kappa shape index (κ3) is 3.47. The van der Waals surface area contributed by atoms with Gasteiger partial charge < -0.3 is 10.1 Å². The second-order valence-electron chi connectivity index (χ2n) is 4.69. The Morgan fingerprint density at radius 2 is 1.85 bits per heavy atom. The average molecular weight is 277 g/mol. The molecule has 0 amide bonds. The van der Waals surface area contributed by atoms with Crippen LogP contribution in [0.15, 0.2) is 42.5 Å². The van der Waals surface area contributed by atoms with Gasteiger partial charge in [-0.25, -0.2) is 8.78 Å². The summed E-state index contributed by atoms with van der Waals surface area (Å²) in [4.78, 5) is 0. The molecular formula is C16H17F2NO. The van der Waals surface area contributed by atoms with Crippen LogP contribution in [0.5, 0.6) is 5.75 Å². The highest BCUT2D eigenvalue weighted by Crippen LogP contribution is 2.21. The zero-order valence-corrected chi connectivity index (χ0v) is 11.5. The number of benzene rings is 2. The van der Waals surface area contributed by atoms with E-state index in [4.69, 9.17) is 4.74 Å². The van der Waals surface area contributed by atoms with E-state index in [1.165, 1.54) is 19.2 Å². The summed E-state index contributed by atoms with van der Waals surface area (Å²) in [6.45, 7) is 1.93. The summed E-state index contributed by atoms with van der Waals surface area (Å²) in [5.41, 5.74) is 1.29. The lowest BCUT2D eigenvalue weighted by Crippen LogP contribution is -2.18. The maximum absolute atomic E-state index is 13.6. The van der Waals surface area contributed by atoms with Crippen LogP contribution in [0.3, 0.4) is 0 Å². The van der Waals surface area contributed by atoms with Crippen LogP contribution in [-0.2, 0) is 6.42 Å². The number of nitrogens with one attached hydrogen (secondary N) is 1. The quantitative estimate of drug-likeness (QED) is 0.891. The molecule has 0 aromatic heterocycles. The second-order valence-corrected chi connectivity index (χ2v) is 4.69. The molecule has 1 N–H and O–H groups in total. The minimum absolute atomic E-state index is 0.0142. The Kier molecular flexibility index (Phi) is 4.56. The van der Waals surface area contributed by atoms with Gasteiger partial charge in [0.25, 0.3) is 0 Å². The van der Waals surface area contributed by atoms with E-state index >= 15 is 0 Å². The molecule has 0 saturated carbocycles. The number of hydrogen-bond acceptors (Lipinski definition) is 2. The van der Waals surface area contributed by atoms with E-state index in [1.54, 1.807) is 30.3 Å². The zero-order valence-electron chi connectivity index (χ0n) is 11.5. The van der Waals surface area contributed by atoms with E-state index in [2.05, 4.69) is 5.32 Å². The van der Waals surface area contributed by atoms with Gasteiger partial charge in [-0.15, -0.1) is 0 Å². The van der Waals surface area contributed by atoms with Gasteiger partial charge in [-0.05, 0) is 37.1 Å². The molecule has 106 valence electrons. The van der Waals surface area contributed by atoms with Crippen LogP contribution in [0.4, 0.5) is 14.5 Å². The minimum atomic E-state index is -0.421. The van der Waals surface area contributed by atoms with E-state index in [-0.39, 0.29) is 17.6 Å². The summed E-state index contributed by atoms with van der Waals surface area (Å²) >= 11 is 0. The lowest BCUT2D eigenvalue weighted by molar-refractivity contribution is 0.386. The summed E-state index contributed by atoms with van der Waals surface area (Å²) in [7, 11) is 1.42. The molecule has 1 unspecified atom stereocenters. The maximum atomic E-state index is 13.6. The molecule has 4 heteroatoms. The van der Waals surface area contributed by atoms with E-state index in [0.717, 1.165) is 0 Å². The summed E-state index contributed by atoms with van der Waals surface area (Å²) in [6.07, 6.45) is 0.528.